The third-order valence-corrected chi connectivity index (χ3v) is 3.82. The first-order chi connectivity index (χ1) is 8.56. The Bertz CT molecular complexity index is 422. The maximum absolute atomic E-state index is 12.2. The SMILES string of the molecule is CC1CC(C)CN(CC(=O)c2ccccc2Cl)C1. The van der Waals surface area contributed by atoms with Gasteiger partial charge in [0.1, 0.15) is 0 Å². The molecule has 18 heavy (non-hydrogen) atoms. The van der Waals surface area contributed by atoms with E-state index in [1.165, 1.54) is 6.42 Å². The van der Waals surface area contributed by atoms with Crippen LogP contribution in [0.3, 0.4) is 0 Å². The van der Waals surface area contributed by atoms with Gasteiger partial charge in [0.05, 0.1) is 11.6 Å². The number of carbonyl (C=O) groups is 1. The maximum Gasteiger partial charge on any atom is 0.178 e. The number of rotatable bonds is 3. The van der Waals surface area contributed by atoms with Gasteiger partial charge in [-0.2, -0.15) is 0 Å². The molecule has 3 heteroatoms. The number of nitrogens with zero attached hydrogens (tertiary/aromatic N) is 1. The third kappa shape index (κ3) is 3.33. The van der Waals surface area contributed by atoms with Crippen molar-refractivity contribution in [1.29, 1.82) is 0 Å². The average molecular weight is 266 g/mol. The zero-order valence-corrected chi connectivity index (χ0v) is 11.8. The Morgan fingerprint density at radius 1 is 1.28 bits per heavy atom. The Morgan fingerprint density at radius 2 is 1.89 bits per heavy atom. The molecule has 1 fully saturated rings. The molecule has 1 saturated heterocycles. The average Bonchev–Trinajstić information content (AvgIpc) is 2.27. The lowest BCUT2D eigenvalue weighted by Crippen LogP contribution is -2.41. The Balaban J connectivity index is 2.01. The van der Waals surface area contributed by atoms with Crippen LogP contribution in [-0.2, 0) is 0 Å². The first kappa shape index (κ1) is 13.6. The van der Waals surface area contributed by atoms with Gasteiger partial charge in [0.2, 0.25) is 0 Å². The van der Waals surface area contributed by atoms with Crippen molar-refractivity contribution in [2.24, 2.45) is 11.8 Å². The van der Waals surface area contributed by atoms with Crippen LogP contribution in [0, 0.1) is 11.8 Å². The molecule has 0 N–H and O–H groups in total. The molecule has 2 unspecified atom stereocenters. The second-order valence-corrected chi connectivity index (χ2v) is 5.95. The molecule has 0 aliphatic carbocycles. The number of hydrogen-bond donors (Lipinski definition) is 0. The summed E-state index contributed by atoms with van der Waals surface area (Å²) in [5, 5.41) is 0.556. The highest BCUT2D eigenvalue weighted by Crippen LogP contribution is 2.22. The molecule has 1 aliphatic heterocycles. The van der Waals surface area contributed by atoms with Crippen LogP contribution in [0.5, 0.6) is 0 Å². The molecule has 98 valence electrons. The summed E-state index contributed by atoms with van der Waals surface area (Å²) in [5.74, 6) is 1.47. The Kier molecular flexibility index (Phi) is 4.41. The summed E-state index contributed by atoms with van der Waals surface area (Å²) in [6.45, 7) is 7.02. The maximum atomic E-state index is 12.2. The van der Waals surface area contributed by atoms with Gasteiger partial charge in [-0.3, -0.25) is 9.69 Å². The zero-order chi connectivity index (χ0) is 13.1. The summed E-state index contributed by atoms with van der Waals surface area (Å²) >= 11 is 6.05. The van der Waals surface area contributed by atoms with Crippen LogP contribution in [0.25, 0.3) is 0 Å². The summed E-state index contributed by atoms with van der Waals surface area (Å²) < 4.78 is 0. The lowest BCUT2D eigenvalue weighted by Gasteiger charge is -2.34. The number of benzene rings is 1. The molecule has 0 bridgehead atoms. The van der Waals surface area contributed by atoms with Crippen molar-refractivity contribution >= 4 is 17.4 Å². The van der Waals surface area contributed by atoms with Crippen molar-refractivity contribution in [2.45, 2.75) is 20.3 Å². The van der Waals surface area contributed by atoms with Gasteiger partial charge in [0, 0.05) is 18.7 Å². The van der Waals surface area contributed by atoms with Crippen molar-refractivity contribution in [3.05, 3.63) is 34.9 Å². The van der Waals surface area contributed by atoms with E-state index in [4.69, 9.17) is 11.6 Å². The third-order valence-electron chi connectivity index (χ3n) is 3.49. The summed E-state index contributed by atoms with van der Waals surface area (Å²) in [5.41, 5.74) is 0.644. The fourth-order valence-electron chi connectivity index (χ4n) is 2.90. The van der Waals surface area contributed by atoms with E-state index in [-0.39, 0.29) is 5.78 Å². The standard InChI is InChI=1S/C15H20ClNO/c1-11-7-12(2)9-17(8-11)10-15(18)13-5-3-4-6-14(13)16/h3-6,11-12H,7-10H2,1-2H3. The Labute approximate surface area is 114 Å². The van der Waals surface area contributed by atoms with Gasteiger partial charge >= 0.3 is 0 Å². The van der Waals surface area contributed by atoms with Gasteiger partial charge in [-0.15, -0.1) is 0 Å². The minimum absolute atomic E-state index is 0.127. The topological polar surface area (TPSA) is 20.3 Å². The fourth-order valence-corrected chi connectivity index (χ4v) is 3.14. The molecule has 2 nitrogen and oxygen atoms in total. The van der Waals surface area contributed by atoms with Gasteiger partial charge in [-0.1, -0.05) is 37.6 Å². The molecule has 0 amide bonds. The molecule has 0 aromatic heterocycles. The lowest BCUT2D eigenvalue weighted by molar-refractivity contribution is 0.0849. The van der Waals surface area contributed by atoms with Gasteiger partial charge in [0.15, 0.2) is 5.78 Å². The first-order valence-corrected chi connectivity index (χ1v) is 6.94. The quantitative estimate of drug-likeness (QED) is 0.780. The summed E-state index contributed by atoms with van der Waals surface area (Å²) in [7, 11) is 0. The largest absolute Gasteiger partial charge is 0.295 e. The van der Waals surface area contributed by atoms with Gasteiger partial charge in [-0.05, 0) is 30.4 Å². The van der Waals surface area contributed by atoms with Gasteiger partial charge in [0.25, 0.3) is 0 Å². The summed E-state index contributed by atoms with van der Waals surface area (Å²) in [4.78, 5) is 14.5. The van der Waals surface area contributed by atoms with Crippen molar-refractivity contribution in [3.8, 4) is 0 Å². The molecule has 2 rings (SSSR count). The van der Waals surface area contributed by atoms with Crippen LogP contribution in [0.4, 0.5) is 0 Å². The van der Waals surface area contributed by atoms with Crippen LogP contribution in [0.1, 0.15) is 30.6 Å². The number of Topliss-reactive ketones (excluding diaryl/α,β-unsaturated/α-hetero) is 1. The highest BCUT2D eigenvalue weighted by atomic mass is 35.5. The van der Waals surface area contributed by atoms with Crippen molar-refractivity contribution in [1.82, 2.24) is 4.90 Å². The molecular formula is C15H20ClNO. The number of piperidine rings is 1. The molecule has 1 aliphatic rings. The van der Waals surface area contributed by atoms with Crippen LogP contribution >= 0.6 is 11.6 Å². The number of ketones is 1. The van der Waals surface area contributed by atoms with Crippen molar-refractivity contribution in [3.63, 3.8) is 0 Å². The lowest BCUT2D eigenvalue weighted by atomic mass is 9.91. The van der Waals surface area contributed by atoms with Crippen LogP contribution < -0.4 is 0 Å². The molecule has 1 heterocycles. The Hall–Kier alpha value is -0.860. The summed E-state index contributed by atoms with van der Waals surface area (Å²) in [6, 6.07) is 7.29. The predicted molar refractivity (Wildman–Crippen MR) is 75.2 cm³/mol. The number of likely N-dealkylation sites (tertiary alicyclic amines) is 1. The zero-order valence-electron chi connectivity index (χ0n) is 11.0. The first-order valence-electron chi connectivity index (χ1n) is 6.56. The minimum Gasteiger partial charge on any atom is -0.295 e. The van der Waals surface area contributed by atoms with Crippen LogP contribution in [0.2, 0.25) is 5.02 Å². The van der Waals surface area contributed by atoms with Crippen LogP contribution in [0.15, 0.2) is 24.3 Å². The van der Waals surface area contributed by atoms with E-state index in [1.807, 2.05) is 18.2 Å². The molecule has 0 radical (unpaired) electrons. The molecule has 1 aromatic carbocycles. The van der Waals surface area contributed by atoms with E-state index >= 15 is 0 Å². The number of carbonyl (C=O) groups excluding carboxylic acids is 1. The predicted octanol–water partition coefficient (Wildman–Crippen LogP) is 3.50. The number of hydrogen-bond acceptors (Lipinski definition) is 2. The molecule has 0 saturated carbocycles. The minimum atomic E-state index is 0.127. The second-order valence-electron chi connectivity index (χ2n) is 5.54. The normalized spacial score (nSPS) is 25.1. The second kappa shape index (κ2) is 5.85. The van der Waals surface area contributed by atoms with Crippen LogP contribution in [-0.4, -0.2) is 30.3 Å². The van der Waals surface area contributed by atoms with E-state index in [2.05, 4.69) is 18.7 Å². The van der Waals surface area contributed by atoms with E-state index in [1.54, 1.807) is 6.07 Å². The Morgan fingerprint density at radius 3 is 2.50 bits per heavy atom. The van der Waals surface area contributed by atoms with Crippen molar-refractivity contribution < 1.29 is 4.79 Å². The van der Waals surface area contributed by atoms with E-state index in [0.717, 1.165) is 13.1 Å². The fraction of sp³-hybridized carbons (Fsp3) is 0.533. The highest BCUT2D eigenvalue weighted by Gasteiger charge is 2.24. The smallest absolute Gasteiger partial charge is 0.178 e. The molecular weight excluding hydrogens is 246 g/mol. The van der Waals surface area contributed by atoms with Gasteiger partial charge < -0.3 is 0 Å². The van der Waals surface area contributed by atoms with E-state index in [9.17, 15) is 4.79 Å². The monoisotopic (exact) mass is 265 g/mol. The molecule has 1 aromatic rings. The van der Waals surface area contributed by atoms with Gasteiger partial charge in [-0.25, -0.2) is 0 Å². The highest BCUT2D eigenvalue weighted by molar-refractivity contribution is 6.34. The van der Waals surface area contributed by atoms with Crippen molar-refractivity contribution in [2.75, 3.05) is 19.6 Å². The molecule has 0 spiro atoms. The van der Waals surface area contributed by atoms with E-state index < -0.39 is 0 Å². The molecule has 2 atom stereocenters. The number of halogens is 1. The summed E-state index contributed by atoms with van der Waals surface area (Å²) in [6.07, 6.45) is 1.26. The van der Waals surface area contributed by atoms with E-state index in [0.29, 0.717) is 29.0 Å².